The quantitative estimate of drug-likeness (QED) is 0.757. The second-order valence-electron chi connectivity index (χ2n) is 8.01. The monoisotopic (exact) mass is 337 g/mol. The second kappa shape index (κ2) is 7.00. The van der Waals surface area contributed by atoms with Gasteiger partial charge in [0.25, 0.3) is 0 Å². The molecule has 6 nitrogen and oxygen atoms in total. The first-order valence-corrected chi connectivity index (χ1v) is 9.28. The number of hydrogen-bond donors (Lipinski definition) is 0. The van der Waals surface area contributed by atoms with Gasteiger partial charge >= 0.3 is 0 Å². The van der Waals surface area contributed by atoms with Crippen molar-refractivity contribution in [3.05, 3.63) is 0 Å². The van der Waals surface area contributed by atoms with Gasteiger partial charge in [-0.25, -0.2) is 0 Å². The summed E-state index contributed by atoms with van der Waals surface area (Å²) >= 11 is 0. The number of carbonyl (C=O) groups is 2. The Morgan fingerprint density at radius 3 is 2.17 bits per heavy atom. The zero-order valence-electron chi connectivity index (χ0n) is 15.3. The number of carbonyl (C=O) groups excluding carboxylic acids is 2. The van der Waals surface area contributed by atoms with E-state index in [0.29, 0.717) is 57.8 Å². The van der Waals surface area contributed by atoms with Crippen LogP contribution in [0.4, 0.5) is 0 Å². The number of amides is 2. The number of nitrogens with zero attached hydrogens (tertiary/aromatic N) is 3. The van der Waals surface area contributed by atoms with Gasteiger partial charge in [0.2, 0.25) is 11.8 Å². The van der Waals surface area contributed by atoms with E-state index in [2.05, 4.69) is 25.7 Å². The molecule has 2 unspecified atom stereocenters. The number of piperazine rings is 1. The minimum atomic E-state index is 0.181. The summed E-state index contributed by atoms with van der Waals surface area (Å²) in [5, 5.41) is 0. The summed E-state index contributed by atoms with van der Waals surface area (Å²) < 4.78 is 5.32. The molecule has 2 heterocycles. The summed E-state index contributed by atoms with van der Waals surface area (Å²) in [6, 6.07) is 0. The van der Waals surface area contributed by atoms with Crippen molar-refractivity contribution in [2.75, 3.05) is 59.0 Å². The van der Waals surface area contributed by atoms with Gasteiger partial charge in [0, 0.05) is 45.2 Å². The Morgan fingerprint density at radius 2 is 1.62 bits per heavy atom. The van der Waals surface area contributed by atoms with Crippen LogP contribution in [-0.4, -0.2) is 85.5 Å². The Kier molecular flexibility index (Phi) is 5.16. The average Bonchev–Trinajstić information content (AvgIpc) is 3.29. The van der Waals surface area contributed by atoms with Crippen LogP contribution in [0.15, 0.2) is 0 Å². The van der Waals surface area contributed by atoms with Gasteiger partial charge in [-0.2, -0.15) is 0 Å². The van der Waals surface area contributed by atoms with Crippen molar-refractivity contribution in [2.45, 2.75) is 27.2 Å². The van der Waals surface area contributed by atoms with E-state index < -0.39 is 0 Å². The zero-order chi connectivity index (χ0) is 17.3. The van der Waals surface area contributed by atoms with Gasteiger partial charge in [-0.1, -0.05) is 20.8 Å². The maximum Gasteiger partial charge on any atom is 0.236 e. The van der Waals surface area contributed by atoms with Crippen molar-refractivity contribution in [1.29, 1.82) is 0 Å². The second-order valence-corrected chi connectivity index (χ2v) is 8.01. The molecule has 0 spiro atoms. The fraction of sp³-hybridized carbons (Fsp3) is 0.889. The molecule has 0 bridgehead atoms. The predicted octanol–water partition coefficient (Wildman–Crippen LogP) is 0.672. The molecule has 3 aliphatic rings. The van der Waals surface area contributed by atoms with Gasteiger partial charge in [0.1, 0.15) is 0 Å². The maximum atomic E-state index is 12.7. The first-order valence-electron chi connectivity index (χ1n) is 9.28. The molecule has 0 aromatic carbocycles. The number of morpholine rings is 1. The van der Waals surface area contributed by atoms with Crippen LogP contribution in [0.25, 0.3) is 0 Å². The van der Waals surface area contributed by atoms with Gasteiger partial charge < -0.3 is 14.5 Å². The smallest absolute Gasteiger partial charge is 0.236 e. The van der Waals surface area contributed by atoms with Crippen molar-refractivity contribution in [3.63, 3.8) is 0 Å². The molecule has 3 rings (SSSR count). The van der Waals surface area contributed by atoms with Crippen LogP contribution in [-0.2, 0) is 14.3 Å². The molecule has 3 fully saturated rings. The summed E-state index contributed by atoms with van der Waals surface area (Å²) in [6.45, 7) is 12.9. The van der Waals surface area contributed by atoms with E-state index in [0.717, 1.165) is 19.5 Å². The van der Waals surface area contributed by atoms with Crippen LogP contribution in [0.2, 0.25) is 0 Å². The van der Waals surface area contributed by atoms with Gasteiger partial charge in [0.15, 0.2) is 0 Å². The van der Waals surface area contributed by atoms with Crippen molar-refractivity contribution in [1.82, 2.24) is 14.7 Å². The predicted molar refractivity (Wildman–Crippen MR) is 91.5 cm³/mol. The molecule has 0 N–H and O–H groups in total. The minimum absolute atomic E-state index is 0.181. The molecule has 136 valence electrons. The van der Waals surface area contributed by atoms with E-state index in [9.17, 15) is 9.59 Å². The SMILES string of the molecule is CC(C)C1(C)CC1C(=O)N1CCN(C(=O)CN2CCOCC2)CC1. The summed E-state index contributed by atoms with van der Waals surface area (Å²) in [6.07, 6.45) is 1.01. The third-order valence-corrected chi connectivity index (χ3v) is 6.30. The Bertz CT molecular complexity index is 482. The standard InChI is InChI=1S/C18H31N3O3/c1-14(2)18(3)12-15(18)17(23)21-6-4-20(5-7-21)16(22)13-19-8-10-24-11-9-19/h14-15H,4-13H2,1-3H3. The lowest BCUT2D eigenvalue weighted by Gasteiger charge is -2.36. The molecule has 0 radical (unpaired) electrons. The molecule has 1 aliphatic carbocycles. The lowest BCUT2D eigenvalue weighted by atomic mass is 9.91. The first kappa shape index (κ1) is 17.7. The highest BCUT2D eigenvalue weighted by atomic mass is 16.5. The molecule has 6 heteroatoms. The normalized spacial score (nSPS) is 31.4. The molecule has 24 heavy (non-hydrogen) atoms. The summed E-state index contributed by atoms with van der Waals surface area (Å²) in [7, 11) is 0. The zero-order valence-corrected chi connectivity index (χ0v) is 15.3. The van der Waals surface area contributed by atoms with Crippen LogP contribution in [0, 0.1) is 17.3 Å². The summed E-state index contributed by atoms with van der Waals surface area (Å²) in [5.74, 6) is 1.21. The summed E-state index contributed by atoms with van der Waals surface area (Å²) in [4.78, 5) is 31.1. The molecule has 0 aromatic heterocycles. The van der Waals surface area contributed by atoms with E-state index in [-0.39, 0.29) is 17.2 Å². The van der Waals surface area contributed by atoms with Crippen molar-refractivity contribution >= 4 is 11.8 Å². The van der Waals surface area contributed by atoms with Crippen LogP contribution in [0.5, 0.6) is 0 Å². The minimum Gasteiger partial charge on any atom is -0.379 e. The lowest BCUT2D eigenvalue weighted by molar-refractivity contribution is -0.142. The molecule has 1 saturated carbocycles. The molecule has 2 amide bonds. The van der Waals surface area contributed by atoms with Crippen molar-refractivity contribution < 1.29 is 14.3 Å². The van der Waals surface area contributed by atoms with Crippen molar-refractivity contribution in [2.24, 2.45) is 17.3 Å². The first-order chi connectivity index (χ1) is 11.4. The van der Waals surface area contributed by atoms with Gasteiger partial charge in [-0.3, -0.25) is 14.5 Å². The molecular formula is C18H31N3O3. The number of hydrogen-bond acceptors (Lipinski definition) is 4. The van der Waals surface area contributed by atoms with E-state index in [4.69, 9.17) is 4.74 Å². The molecule has 2 atom stereocenters. The largest absolute Gasteiger partial charge is 0.379 e. The highest BCUT2D eigenvalue weighted by Crippen LogP contribution is 2.58. The third-order valence-electron chi connectivity index (χ3n) is 6.30. The van der Waals surface area contributed by atoms with Crippen LogP contribution in [0.1, 0.15) is 27.2 Å². The molecule has 2 aliphatic heterocycles. The topological polar surface area (TPSA) is 53.1 Å². The van der Waals surface area contributed by atoms with Crippen LogP contribution >= 0.6 is 0 Å². The Balaban J connectivity index is 1.44. The fourth-order valence-electron chi connectivity index (χ4n) is 3.84. The Morgan fingerprint density at radius 1 is 1.04 bits per heavy atom. The van der Waals surface area contributed by atoms with Crippen LogP contribution in [0.3, 0.4) is 0 Å². The van der Waals surface area contributed by atoms with Gasteiger partial charge in [-0.15, -0.1) is 0 Å². The van der Waals surface area contributed by atoms with Gasteiger partial charge in [0.05, 0.1) is 19.8 Å². The van der Waals surface area contributed by atoms with Crippen LogP contribution < -0.4 is 0 Å². The highest BCUT2D eigenvalue weighted by Gasteiger charge is 2.57. The van der Waals surface area contributed by atoms with E-state index in [1.54, 1.807) is 0 Å². The van der Waals surface area contributed by atoms with E-state index in [1.165, 1.54) is 0 Å². The molecule has 2 saturated heterocycles. The number of ether oxygens (including phenoxy) is 1. The average molecular weight is 337 g/mol. The maximum absolute atomic E-state index is 12.7. The van der Waals surface area contributed by atoms with E-state index >= 15 is 0 Å². The van der Waals surface area contributed by atoms with Crippen molar-refractivity contribution in [3.8, 4) is 0 Å². The fourth-order valence-corrected chi connectivity index (χ4v) is 3.84. The highest BCUT2D eigenvalue weighted by molar-refractivity contribution is 5.83. The summed E-state index contributed by atoms with van der Waals surface area (Å²) in [5.41, 5.74) is 0.181. The molecular weight excluding hydrogens is 306 g/mol. The van der Waals surface area contributed by atoms with E-state index in [1.807, 2.05) is 9.80 Å². The third kappa shape index (κ3) is 3.59. The Labute approximate surface area is 145 Å². The molecule has 0 aromatic rings. The lowest BCUT2D eigenvalue weighted by Crippen LogP contribution is -2.53. The Hall–Kier alpha value is -1.14. The number of rotatable bonds is 4. The van der Waals surface area contributed by atoms with Gasteiger partial charge in [-0.05, 0) is 17.8 Å².